The van der Waals surface area contributed by atoms with Crippen molar-refractivity contribution < 1.29 is 14.7 Å². The minimum atomic E-state index is -1.32. The summed E-state index contributed by atoms with van der Waals surface area (Å²) in [5, 5.41) is 8.96. The second-order valence-corrected chi connectivity index (χ2v) is 6.51. The van der Waals surface area contributed by atoms with Gasteiger partial charge in [-0.05, 0) is 31.5 Å². The SMILES string of the molecule is Cc1ccc([C@H]2CC(=O)c3cc(C(=O)O)c(=O)[nH]c3C2)s1. The molecule has 0 fully saturated rings. The molecule has 3 rings (SSSR count). The van der Waals surface area contributed by atoms with Crippen LogP contribution in [0.2, 0.25) is 0 Å². The Balaban J connectivity index is 2.03. The number of Topliss-reactive ketones (excluding diaryl/α,β-unsaturated/α-hetero) is 1. The zero-order valence-electron chi connectivity index (χ0n) is 11.3. The number of thiophene rings is 1. The summed E-state index contributed by atoms with van der Waals surface area (Å²) in [7, 11) is 0. The van der Waals surface area contributed by atoms with Crippen LogP contribution >= 0.6 is 11.3 Å². The summed E-state index contributed by atoms with van der Waals surface area (Å²) in [5.41, 5.74) is -0.168. The monoisotopic (exact) mass is 303 g/mol. The van der Waals surface area contributed by atoms with Crippen molar-refractivity contribution in [2.75, 3.05) is 0 Å². The van der Waals surface area contributed by atoms with Crippen LogP contribution in [0.1, 0.15) is 48.5 Å². The van der Waals surface area contributed by atoms with E-state index in [9.17, 15) is 14.4 Å². The Morgan fingerprint density at radius 3 is 2.71 bits per heavy atom. The molecule has 0 spiro atoms. The predicted octanol–water partition coefficient (Wildman–Crippen LogP) is 2.36. The highest BCUT2D eigenvalue weighted by Gasteiger charge is 2.29. The number of aryl methyl sites for hydroxylation is 1. The van der Waals surface area contributed by atoms with E-state index in [-0.39, 0.29) is 17.3 Å². The Bertz CT molecular complexity index is 802. The van der Waals surface area contributed by atoms with Gasteiger partial charge in [-0.3, -0.25) is 9.59 Å². The number of aromatic amines is 1. The van der Waals surface area contributed by atoms with E-state index in [1.807, 2.05) is 19.1 Å². The van der Waals surface area contributed by atoms with E-state index < -0.39 is 11.5 Å². The maximum absolute atomic E-state index is 12.3. The molecule has 0 saturated heterocycles. The van der Waals surface area contributed by atoms with Crippen LogP contribution in [0.15, 0.2) is 23.0 Å². The topological polar surface area (TPSA) is 87.2 Å². The molecule has 2 aromatic rings. The number of pyridine rings is 1. The molecular formula is C15H13NO4S. The van der Waals surface area contributed by atoms with Crippen LogP contribution in [-0.4, -0.2) is 21.8 Å². The van der Waals surface area contributed by atoms with Gasteiger partial charge in [-0.1, -0.05) is 0 Å². The fraction of sp³-hybridized carbons (Fsp3) is 0.267. The zero-order valence-corrected chi connectivity index (χ0v) is 12.1. The van der Waals surface area contributed by atoms with E-state index in [4.69, 9.17) is 5.11 Å². The summed E-state index contributed by atoms with van der Waals surface area (Å²) in [6.45, 7) is 2.01. The molecule has 0 radical (unpaired) electrons. The third kappa shape index (κ3) is 2.42. The molecule has 1 atom stereocenters. The number of carboxylic acids is 1. The highest BCUT2D eigenvalue weighted by molar-refractivity contribution is 7.12. The van der Waals surface area contributed by atoms with Crippen molar-refractivity contribution in [3.05, 3.63) is 55.1 Å². The lowest BCUT2D eigenvalue weighted by atomic mass is 9.84. The van der Waals surface area contributed by atoms with Gasteiger partial charge in [0.1, 0.15) is 5.56 Å². The van der Waals surface area contributed by atoms with Gasteiger partial charge in [0.15, 0.2) is 5.78 Å². The van der Waals surface area contributed by atoms with Gasteiger partial charge in [0.05, 0.1) is 0 Å². The van der Waals surface area contributed by atoms with Crippen LogP contribution in [0.25, 0.3) is 0 Å². The van der Waals surface area contributed by atoms with Gasteiger partial charge >= 0.3 is 5.97 Å². The molecule has 0 aromatic carbocycles. The lowest BCUT2D eigenvalue weighted by Crippen LogP contribution is -2.27. The van der Waals surface area contributed by atoms with Crippen LogP contribution in [0.4, 0.5) is 0 Å². The number of hydrogen-bond acceptors (Lipinski definition) is 4. The standard InChI is InChI=1S/C15H13NO4S/c1-7-2-3-13(21-7)8-4-11-9(12(17)5-8)6-10(15(19)20)14(18)16-11/h2-3,6,8H,4-5H2,1H3,(H,16,18)(H,19,20)/t8-/m1/s1. The zero-order chi connectivity index (χ0) is 15.1. The smallest absolute Gasteiger partial charge is 0.341 e. The Morgan fingerprint density at radius 1 is 1.33 bits per heavy atom. The number of nitrogens with one attached hydrogen (secondary N) is 1. The van der Waals surface area contributed by atoms with Crippen molar-refractivity contribution in [1.29, 1.82) is 0 Å². The number of carboxylic acid groups (broad SMARTS) is 1. The molecule has 2 aromatic heterocycles. The minimum Gasteiger partial charge on any atom is -0.477 e. The largest absolute Gasteiger partial charge is 0.477 e. The van der Waals surface area contributed by atoms with Crippen molar-refractivity contribution in [3.63, 3.8) is 0 Å². The number of rotatable bonds is 2. The number of aromatic carboxylic acids is 1. The summed E-state index contributed by atoms with van der Waals surface area (Å²) < 4.78 is 0. The van der Waals surface area contributed by atoms with E-state index in [0.29, 0.717) is 24.1 Å². The molecule has 1 aliphatic carbocycles. The summed E-state index contributed by atoms with van der Waals surface area (Å²) in [6.07, 6.45) is 0.897. The molecule has 0 unspecified atom stereocenters. The molecular weight excluding hydrogens is 290 g/mol. The normalized spacial score (nSPS) is 17.6. The third-order valence-electron chi connectivity index (χ3n) is 3.70. The van der Waals surface area contributed by atoms with Gasteiger partial charge in [0, 0.05) is 33.4 Å². The number of fused-ring (bicyclic) bond motifs is 1. The quantitative estimate of drug-likeness (QED) is 0.891. The average Bonchev–Trinajstić information content (AvgIpc) is 2.84. The number of carbonyl (C=O) groups is 2. The molecule has 2 N–H and O–H groups in total. The van der Waals surface area contributed by atoms with Crippen molar-refractivity contribution in [1.82, 2.24) is 4.98 Å². The second-order valence-electron chi connectivity index (χ2n) is 5.19. The molecule has 1 aliphatic rings. The first-order valence-corrected chi connectivity index (χ1v) is 7.36. The number of carbonyl (C=O) groups excluding carboxylic acids is 1. The molecule has 0 amide bonds. The van der Waals surface area contributed by atoms with Crippen molar-refractivity contribution in [2.45, 2.75) is 25.7 Å². The van der Waals surface area contributed by atoms with E-state index in [0.717, 1.165) is 4.88 Å². The molecule has 108 valence electrons. The van der Waals surface area contributed by atoms with Crippen molar-refractivity contribution >= 4 is 23.1 Å². The van der Waals surface area contributed by atoms with Gasteiger partial charge in [0.25, 0.3) is 5.56 Å². The first-order chi connectivity index (χ1) is 9.95. The summed E-state index contributed by atoms with van der Waals surface area (Å²) in [4.78, 5) is 39.8. The van der Waals surface area contributed by atoms with E-state index in [1.165, 1.54) is 10.9 Å². The highest BCUT2D eigenvalue weighted by Crippen LogP contribution is 2.35. The third-order valence-corrected chi connectivity index (χ3v) is 4.86. The Labute approximate surface area is 124 Å². The number of H-pyrrole nitrogens is 1. The van der Waals surface area contributed by atoms with Gasteiger partial charge in [-0.15, -0.1) is 11.3 Å². The average molecular weight is 303 g/mol. The van der Waals surface area contributed by atoms with Crippen LogP contribution < -0.4 is 5.56 Å². The first-order valence-electron chi connectivity index (χ1n) is 6.54. The minimum absolute atomic E-state index is 0.0510. The van der Waals surface area contributed by atoms with Crippen molar-refractivity contribution in [3.8, 4) is 0 Å². The summed E-state index contributed by atoms with van der Waals surface area (Å²) in [5.74, 6) is -1.39. The van der Waals surface area contributed by atoms with E-state index >= 15 is 0 Å². The Kier molecular flexibility index (Phi) is 3.25. The molecule has 0 bridgehead atoms. The van der Waals surface area contributed by atoms with E-state index in [2.05, 4.69) is 4.98 Å². The van der Waals surface area contributed by atoms with Gasteiger partial charge in [0.2, 0.25) is 0 Å². The van der Waals surface area contributed by atoms with Gasteiger partial charge in [-0.2, -0.15) is 0 Å². The molecule has 0 saturated carbocycles. The molecule has 5 nitrogen and oxygen atoms in total. The number of aromatic nitrogens is 1. The molecule has 6 heteroatoms. The summed E-state index contributed by atoms with van der Waals surface area (Å²) in [6, 6.07) is 5.22. The molecule has 2 heterocycles. The van der Waals surface area contributed by atoms with Crippen molar-refractivity contribution in [2.24, 2.45) is 0 Å². The second kappa shape index (κ2) is 4.96. The predicted molar refractivity (Wildman–Crippen MR) is 78.5 cm³/mol. The van der Waals surface area contributed by atoms with E-state index in [1.54, 1.807) is 11.3 Å². The van der Waals surface area contributed by atoms with Crippen LogP contribution in [0, 0.1) is 6.92 Å². The summed E-state index contributed by atoms with van der Waals surface area (Å²) >= 11 is 1.64. The fourth-order valence-electron chi connectivity index (χ4n) is 2.66. The van der Waals surface area contributed by atoms with Crippen LogP contribution in [0.5, 0.6) is 0 Å². The van der Waals surface area contributed by atoms with Crippen LogP contribution in [-0.2, 0) is 6.42 Å². The van der Waals surface area contributed by atoms with Crippen LogP contribution in [0.3, 0.4) is 0 Å². The highest BCUT2D eigenvalue weighted by atomic mass is 32.1. The Morgan fingerprint density at radius 2 is 2.10 bits per heavy atom. The number of hydrogen-bond donors (Lipinski definition) is 2. The maximum atomic E-state index is 12.3. The molecule has 21 heavy (non-hydrogen) atoms. The Hall–Kier alpha value is -2.21. The molecule has 0 aliphatic heterocycles. The maximum Gasteiger partial charge on any atom is 0.341 e. The first kappa shape index (κ1) is 13.8. The number of ketones is 1. The lowest BCUT2D eigenvalue weighted by Gasteiger charge is -2.22. The lowest BCUT2D eigenvalue weighted by molar-refractivity contribution is 0.0695. The van der Waals surface area contributed by atoms with Gasteiger partial charge in [-0.25, -0.2) is 4.79 Å². The fourth-order valence-corrected chi connectivity index (χ4v) is 3.64. The van der Waals surface area contributed by atoms with Gasteiger partial charge < -0.3 is 10.1 Å².